The summed E-state index contributed by atoms with van der Waals surface area (Å²) >= 11 is 0. The number of hydrogen-bond acceptors (Lipinski definition) is 3. The quantitative estimate of drug-likeness (QED) is 0.938. The van der Waals surface area contributed by atoms with E-state index in [0.29, 0.717) is 6.54 Å². The summed E-state index contributed by atoms with van der Waals surface area (Å²) in [6.07, 6.45) is 5.08. The highest BCUT2D eigenvalue weighted by Crippen LogP contribution is 2.28. The number of pyridine rings is 1. The lowest BCUT2D eigenvalue weighted by Crippen LogP contribution is -2.43. The molecule has 0 atom stereocenters. The van der Waals surface area contributed by atoms with Gasteiger partial charge in [0.25, 0.3) is 0 Å². The zero-order valence-electron chi connectivity index (χ0n) is 11.6. The van der Waals surface area contributed by atoms with Crippen molar-refractivity contribution >= 4 is 15.9 Å². The van der Waals surface area contributed by atoms with Gasteiger partial charge in [-0.15, -0.1) is 0 Å². The smallest absolute Gasteiger partial charge is 0.264 e. The van der Waals surface area contributed by atoms with Gasteiger partial charge >= 0.3 is 10.2 Å². The van der Waals surface area contributed by atoms with Gasteiger partial charge in [0.2, 0.25) is 0 Å². The first kappa shape index (κ1) is 14.0. The monoisotopic (exact) mass is 303 g/mol. The molecule has 110 valence electrons. The largest absolute Gasteiger partial charge is 0.301 e. The predicted molar refractivity (Wildman–Crippen MR) is 82.1 cm³/mol. The number of nitrogens with zero attached hydrogens (tertiary/aromatic N) is 2. The van der Waals surface area contributed by atoms with Crippen LogP contribution in [0.3, 0.4) is 0 Å². The van der Waals surface area contributed by atoms with Crippen LogP contribution in [0.5, 0.6) is 0 Å². The molecule has 6 heteroatoms. The highest BCUT2D eigenvalue weighted by molar-refractivity contribution is 7.90. The first-order chi connectivity index (χ1) is 10.2. The van der Waals surface area contributed by atoms with Crippen molar-refractivity contribution in [3.8, 4) is 0 Å². The molecule has 0 amide bonds. The number of benzene rings is 1. The van der Waals surface area contributed by atoms with E-state index in [9.17, 15) is 8.42 Å². The van der Waals surface area contributed by atoms with Gasteiger partial charge in [-0.05, 0) is 36.1 Å². The molecule has 0 spiro atoms. The second kappa shape index (κ2) is 5.83. The van der Waals surface area contributed by atoms with E-state index in [1.807, 2.05) is 30.3 Å². The second-order valence-corrected chi connectivity index (χ2v) is 6.67. The average molecular weight is 303 g/mol. The molecule has 5 nitrogen and oxygen atoms in total. The number of nitrogens with one attached hydrogen (secondary N) is 1. The van der Waals surface area contributed by atoms with Crippen LogP contribution in [-0.4, -0.2) is 19.9 Å². The normalized spacial score (nSPS) is 14.8. The molecule has 2 aromatic rings. The molecule has 0 bridgehead atoms. The standard InChI is InChI=1S/C15H17N3O2S/c19-21(20,17-12-13-5-3-9-16-11-13)18-10-4-7-14-6-1-2-8-15(14)18/h1-3,5-6,8-9,11,17H,4,7,10,12H2. The highest BCUT2D eigenvalue weighted by Gasteiger charge is 2.26. The highest BCUT2D eigenvalue weighted by atomic mass is 32.2. The fraction of sp³-hybridized carbons (Fsp3) is 0.267. The lowest BCUT2D eigenvalue weighted by molar-refractivity contribution is 0.571. The Morgan fingerprint density at radius 3 is 2.86 bits per heavy atom. The van der Waals surface area contributed by atoms with Crippen LogP contribution < -0.4 is 9.03 Å². The molecule has 1 aromatic carbocycles. The molecular formula is C15H17N3O2S. The third-order valence-corrected chi connectivity index (χ3v) is 5.01. The molecule has 1 N–H and O–H groups in total. The minimum Gasteiger partial charge on any atom is -0.264 e. The Kier molecular flexibility index (Phi) is 3.90. The molecule has 1 aromatic heterocycles. The number of para-hydroxylation sites is 1. The van der Waals surface area contributed by atoms with Crippen LogP contribution in [0.1, 0.15) is 17.5 Å². The summed E-state index contributed by atoms with van der Waals surface area (Å²) in [7, 11) is -3.54. The molecule has 0 saturated carbocycles. The van der Waals surface area contributed by atoms with Crippen molar-refractivity contribution < 1.29 is 8.42 Å². The van der Waals surface area contributed by atoms with Crippen molar-refractivity contribution in [3.63, 3.8) is 0 Å². The van der Waals surface area contributed by atoms with E-state index in [0.717, 1.165) is 29.7 Å². The molecule has 2 heterocycles. The third-order valence-electron chi connectivity index (χ3n) is 3.54. The molecule has 21 heavy (non-hydrogen) atoms. The summed E-state index contributed by atoms with van der Waals surface area (Å²) in [5, 5.41) is 0. The number of rotatable bonds is 4. The topological polar surface area (TPSA) is 62.3 Å². The van der Waals surface area contributed by atoms with Crippen LogP contribution in [0, 0.1) is 0 Å². The Hall–Kier alpha value is -1.92. The minimum absolute atomic E-state index is 0.245. The summed E-state index contributed by atoms with van der Waals surface area (Å²) in [6, 6.07) is 11.3. The Morgan fingerprint density at radius 2 is 2.05 bits per heavy atom. The molecular weight excluding hydrogens is 286 g/mol. The van der Waals surface area contributed by atoms with E-state index in [1.54, 1.807) is 18.5 Å². The van der Waals surface area contributed by atoms with Crippen LogP contribution in [0.15, 0.2) is 48.8 Å². The number of hydrogen-bond donors (Lipinski definition) is 1. The molecule has 0 aliphatic carbocycles. The van der Waals surface area contributed by atoms with Gasteiger partial charge in [0, 0.05) is 25.5 Å². The van der Waals surface area contributed by atoms with Gasteiger partial charge in [-0.3, -0.25) is 9.29 Å². The maximum atomic E-state index is 12.5. The summed E-state index contributed by atoms with van der Waals surface area (Å²) < 4.78 is 29.1. The summed E-state index contributed by atoms with van der Waals surface area (Å²) in [5.41, 5.74) is 2.70. The third kappa shape index (κ3) is 3.06. The Labute approximate surface area is 124 Å². The van der Waals surface area contributed by atoms with Gasteiger partial charge in [-0.25, -0.2) is 0 Å². The molecule has 1 aliphatic heterocycles. The lowest BCUT2D eigenvalue weighted by Gasteiger charge is -2.30. The maximum Gasteiger partial charge on any atom is 0.301 e. The first-order valence-electron chi connectivity index (χ1n) is 6.91. The van der Waals surface area contributed by atoms with E-state index in [4.69, 9.17) is 0 Å². The average Bonchev–Trinajstić information content (AvgIpc) is 2.53. The van der Waals surface area contributed by atoms with Crippen molar-refractivity contribution in [2.75, 3.05) is 10.8 Å². The molecule has 0 fully saturated rings. The van der Waals surface area contributed by atoms with Crippen molar-refractivity contribution in [1.29, 1.82) is 0 Å². The number of aromatic nitrogens is 1. The Bertz CT molecular complexity index is 717. The van der Waals surface area contributed by atoms with Gasteiger partial charge in [0.1, 0.15) is 0 Å². The summed E-state index contributed by atoms with van der Waals surface area (Å²) in [6.45, 7) is 0.758. The van der Waals surface area contributed by atoms with E-state index < -0.39 is 10.2 Å². The van der Waals surface area contributed by atoms with E-state index in [-0.39, 0.29) is 6.54 Å². The minimum atomic E-state index is -3.54. The van der Waals surface area contributed by atoms with Gasteiger partial charge in [0.15, 0.2) is 0 Å². The second-order valence-electron chi connectivity index (χ2n) is 4.99. The molecule has 1 aliphatic rings. The lowest BCUT2D eigenvalue weighted by atomic mass is 10.0. The van der Waals surface area contributed by atoms with Gasteiger partial charge in [-0.2, -0.15) is 13.1 Å². The molecule has 3 rings (SSSR count). The molecule has 0 unspecified atom stereocenters. The number of fused-ring (bicyclic) bond motifs is 1. The number of anilines is 1. The van der Waals surface area contributed by atoms with Crippen LogP contribution in [0.4, 0.5) is 5.69 Å². The summed E-state index contributed by atoms with van der Waals surface area (Å²) in [4.78, 5) is 3.99. The van der Waals surface area contributed by atoms with E-state index in [2.05, 4.69) is 9.71 Å². The van der Waals surface area contributed by atoms with Crippen LogP contribution in [0.25, 0.3) is 0 Å². The number of aryl methyl sites for hydroxylation is 1. The molecule has 0 saturated heterocycles. The van der Waals surface area contributed by atoms with Crippen LogP contribution in [0.2, 0.25) is 0 Å². The van der Waals surface area contributed by atoms with Gasteiger partial charge in [0.05, 0.1) is 5.69 Å². The zero-order chi connectivity index (χ0) is 14.7. The Balaban J connectivity index is 1.80. The van der Waals surface area contributed by atoms with Crippen molar-refractivity contribution in [2.45, 2.75) is 19.4 Å². The Morgan fingerprint density at radius 1 is 1.19 bits per heavy atom. The van der Waals surface area contributed by atoms with E-state index in [1.165, 1.54) is 4.31 Å². The van der Waals surface area contributed by atoms with Gasteiger partial charge in [-0.1, -0.05) is 24.3 Å². The summed E-state index contributed by atoms with van der Waals surface area (Å²) in [5.74, 6) is 0. The van der Waals surface area contributed by atoms with Crippen LogP contribution >= 0.6 is 0 Å². The fourth-order valence-electron chi connectivity index (χ4n) is 2.50. The predicted octanol–water partition coefficient (Wildman–Crippen LogP) is 1.87. The molecule has 0 radical (unpaired) electrons. The van der Waals surface area contributed by atoms with Gasteiger partial charge < -0.3 is 0 Å². The van der Waals surface area contributed by atoms with Crippen molar-refractivity contribution in [1.82, 2.24) is 9.71 Å². The SMILES string of the molecule is O=S(=O)(NCc1cccnc1)N1CCCc2ccccc21. The maximum absolute atomic E-state index is 12.5. The van der Waals surface area contributed by atoms with Crippen LogP contribution in [-0.2, 0) is 23.2 Å². The zero-order valence-corrected chi connectivity index (χ0v) is 12.4. The fourth-order valence-corrected chi connectivity index (χ4v) is 3.82. The van der Waals surface area contributed by atoms with E-state index >= 15 is 0 Å². The van der Waals surface area contributed by atoms with Crippen molar-refractivity contribution in [2.24, 2.45) is 0 Å². The first-order valence-corrected chi connectivity index (χ1v) is 8.35. The van der Waals surface area contributed by atoms with Crippen molar-refractivity contribution in [3.05, 3.63) is 59.9 Å².